The molecule has 1 aromatic heterocycles. The predicted octanol–water partition coefficient (Wildman–Crippen LogP) is 3.44. The Balaban J connectivity index is 1.98. The number of hydrogen-bond acceptors (Lipinski definition) is 3. The third-order valence-corrected chi connectivity index (χ3v) is 3.50. The van der Waals surface area contributed by atoms with E-state index in [1.807, 2.05) is 19.1 Å². The quantitative estimate of drug-likeness (QED) is 0.836. The van der Waals surface area contributed by atoms with Gasteiger partial charge in [0.2, 0.25) is 0 Å². The second kappa shape index (κ2) is 6.10. The number of ether oxygens (including phenoxy) is 1. The molecule has 17 heavy (non-hydrogen) atoms. The highest BCUT2D eigenvalue weighted by Gasteiger charge is 2.20. The van der Waals surface area contributed by atoms with Gasteiger partial charge in [0.25, 0.3) is 0 Å². The SMILES string of the molecule is CCOc1cccnc1NC1CCC(Cl)CC1. The zero-order valence-corrected chi connectivity index (χ0v) is 10.9. The van der Waals surface area contributed by atoms with E-state index in [0.717, 1.165) is 37.3 Å². The molecule has 94 valence electrons. The Hall–Kier alpha value is -0.960. The second-order valence-corrected chi connectivity index (χ2v) is 4.99. The largest absolute Gasteiger partial charge is 0.490 e. The molecule has 1 aliphatic carbocycles. The Bertz CT molecular complexity index is 351. The van der Waals surface area contributed by atoms with Crippen LogP contribution >= 0.6 is 11.6 Å². The standard InChI is InChI=1S/C13H19ClN2O/c1-2-17-12-4-3-9-15-13(12)16-11-7-5-10(14)6-8-11/h3-4,9-11H,2,5-8H2,1H3,(H,15,16). The summed E-state index contributed by atoms with van der Waals surface area (Å²) >= 11 is 6.10. The average Bonchev–Trinajstić information content (AvgIpc) is 2.35. The minimum absolute atomic E-state index is 0.350. The number of rotatable bonds is 4. The van der Waals surface area contributed by atoms with E-state index in [1.54, 1.807) is 6.20 Å². The van der Waals surface area contributed by atoms with Crippen molar-refractivity contribution in [2.45, 2.75) is 44.0 Å². The van der Waals surface area contributed by atoms with Gasteiger partial charge in [-0.3, -0.25) is 0 Å². The number of hydrogen-bond donors (Lipinski definition) is 1. The van der Waals surface area contributed by atoms with Crippen LogP contribution < -0.4 is 10.1 Å². The normalized spacial score (nSPS) is 24.4. The Morgan fingerprint density at radius 3 is 2.88 bits per heavy atom. The summed E-state index contributed by atoms with van der Waals surface area (Å²) in [5, 5.41) is 3.81. The van der Waals surface area contributed by atoms with Crippen molar-refractivity contribution in [1.29, 1.82) is 0 Å². The molecule has 1 saturated carbocycles. The van der Waals surface area contributed by atoms with E-state index in [-0.39, 0.29) is 0 Å². The van der Waals surface area contributed by atoms with Crippen molar-refractivity contribution < 1.29 is 4.74 Å². The zero-order chi connectivity index (χ0) is 12.1. The van der Waals surface area contributed by atoms with Crippen molar-refractivity contribution in [3.8, 4) is 5.75 Å². The molecule has 0 amide bonds. The first kappa shape index (κ1) is 12.5. The summed E-state index contributed by atoms with van der Waals surface area (Å²) in [6, 6.07) is 4.32. The fourth-order valence-corrected chi connectivity index (χ4v) is 2.41. The van der Waals surface area contributed by atoms with E-state index in [9.17, 15) is 0 Å². The van der Waals surface area contributed by atoms with Crippen LogP contribution in [0.1, 0.15) is 32.6 Å². The summed E-state index contributed by atoms with van der Waals surface area (Å²) in [6.07, 6.45) is 6.16. The molecule has 1 aliphatic rings. The number of pyridine rings is 1. The molecule has 0 unspecified atom stereocenters. The van der Waals surface area contributed by atoms with Gasteiger partial charge < -0.3 is 10.1 Å². The third-order valence-electron chi connectivity index (χ3n) is 3.07. The van der Waals surface area contributed by atoms with E-state index in [0.29, 0.717) is 18.0 Å². The molecule has 2 rings (SSSR count). The van der Waals surface area contributed by atoms with Crippen LogP contribution in [-0.2, 0) is 0 Å². The lowest BCUT2D eigenvalue weighted by atomic mass is 9.95. The summed E-state index contributed by atoms with van der Waals surface area (Å²) in [4.78, 5) is 4.34. The smallest absolute Gasteiger partial charge is 0.168 e. The molecule has 0 atom stereocenters. The van der Waals surface area contributed by atoms with E-state index in [2.05, 4.69) is 10.3 Å². The summed E-state index contributed by atoms with van der Waals surface area (Å²) in [5.74, 6) is 1.69. The minimum atomic E-state index is 0.350. The van der Waals surface area contributed by atoms with Gasteiger partial charge in [0.05, 0.1) is 6.61 Å². The van der Waals surface area contributed by atoms with Crippen LogP contribution in [0.3, 0.4) is 0 Å². The Morgan fingerprint density at radius 1 is 1.41 bits per heavy atom. The molecule has 0 radical (unpaired) electrons. The molecule has 0 spiro atoms. The number of anilines is 1. The molecule has 1 N–H and O–H groups in total. The molecular formula is C13H19ClN2O. The molecule has 1 aromatic rings. The first-order valence-electron chi connectivity index (χ1n) is 6.28. The molecule has 0 aromatic carbocycles. The van der Waals surface area contributed by atoms with Crippen molar-refractivity contribution in [3.05, 3.63) is 18.3 Å². The van der Waals surface area contributed by atoms with E-state index < -0.39 is 0 Å². The summed E-state index contributed by atoms with van der Waals surface area (Å²) in [5.41, 5.74) is 0. The van der Waals surface area contributed by atoms with Crippen LogP contribution in [0.15, 0.2) is 18.3 Å². The predicted molar refractivity (Wildman–Crippen MR) is 70.9 cm³/mol. The van der Waals surface area contributed by atoms with Crippen LogP contribution in [0.4, 0.5) is 5.82 Å². The van der Waals surface area contributed by atoms with E-state index in [1.165, 1.54) is 0 Å². The molecule has 0 bridgehead atoms. The van der Waals surface area contributed by atoms with Gasteiger partial charge in [-0.25, -0.2) is 4.98 Å². The fraction of sp³-hybridized carbons (Fsp3) is 0.615. The average molecular weight is 255 g/mol. The maximum atomic E-state index is 6.10. The van der Waals surface area contributed by atoms with Gasteiger partial charge in [-0.2, -0.15) is 0 Å². The maximum Gasteiger partial charge on any atom is 0.168 e. The highest BCUT2D eigenvalue weighted by molar-refractivity contribution is 6.20. The molecule has 4 heteroatoms. The van der Waals surface area contributed by atoms with Crippen molar-refractivity contribution in [2.24, 2.45) is 0 Å². The van der Waals surface area contributed by atoms with Gasteiger partial charge in [-0.15, -0.1) is 11.6 Å². The number of aromatic nitrogens is 1. The summed E-state index contributed by atoms with van der Waals surface area (Å²) in [7, 11) is 0. The van der Waals surface area contributed by atoms with Crippen LogP contribution in [0.2, 0.25) is 0 Å². The zero-order valence-electron chi connectivity index (χ0n) is 10.2. The topological polar surface area (TPSA) is 34.1 Å². The highest BCUT2D eigenvalue weighted by atomic mass is 35.5. The van der Waals surface area contributed by atoms with Gasteiger partial charge in [0, 0.05) is 17.6 Å². The molecular weight excluding hydrogens is 236 g/mol. The van der Waals surface area contributed by atoms with E-state index in [4.69, 9.17) is 16.3 Å². The van der Waals surface area contributed by atoms with Crippen LogP contribution in [0.25, 0.3) is 0 Å². The first-order chi connectivity index (χ1) is 8.29. The van der Waals surface area contributed by atoms with Gasteiger partial charge in [0.15, 0.2) is 11.6 Å². The van der Waals surface area contributed by atoms with Crippen LogP contribution in [0, 0.1) is 0 Å². The van der Waals surface area contributed by atoms with Crippen LogP contribution in [-0.4, -0.2) is 23.0 Å². The Kier molecular flexibility index (Phi) is 4.49. The lowest BCUT2D eigenvalue weighted by molar-refractivity contribution is 0.339. The Morgan fingerprint density at radius 2 is 2.18 bits per heavy atom. The van der Waals surface area contributed by atoms with Gasteiger partial charge >= 0.3 is 0 Å². The fourth-order valence-electron chi connectivity index (χ4n) is 2.16. The molecule has 0 saturated heterocycles. The monoisotopic (exact) mass is 254 g/mol. The molecule has 1 heterocycles. The van der Waals surface area contributed by atoms with Crippen molar-refractivity contribution in [2.75, 3.05) is 11.9 Å². The maximum absolute atomic E-state index is 6.10. The lowest BCUT2D eigenvalue weighted by Crippen LogP contribution is -2.26. The lowest BCUT2D eigenvalue weighted by Gasteiger charge is -2.26. The molecule has 0 aliphatic heterocycles. The van der Waals surface area contributed by atoms with Gasteiger partial charge in [0.1, 0.15) is 0 Å². The van der Waals surface area contributed by atoms with Crippen molar-refractivity contribution in [1.82, 2.24) is 4.98 Å². The Labute approximate surface area is 108 Å². The van der Waals surface area contributed by atoms with Gasteiger partial charge in [-0.1, -0.05) is 0 Å². The first-order valence-corrected chi connectivity index (χ1v) is 6.71. The second-order valence-electron chi connectivity index (χ2n) is 4.38. The molecule has 1 fully saturated rings. The highest BCUT2D eigenvalue weighted by Crippen LogP contribution is 2.28. The summed E-state index contributed by atoms with van der Waals surface area (Å²) < 4.78 is 5.55. The molecule has 3 nitrogen and oxygen atoms in total. The minimum Gasteiger partial charge on any atom is -0.490 e. The third kappa shape index (κ3) is 3.50. The van der Waals surface area contributed by atoms with Crippen molar-refractivity contribution >= 4 is 17.4 Å². The summed E-state index contributed by atoms with van der Waals surface area (Å²) in [6.45, 7) is 2.64. The van der Waals surface area contributed by atoms with E-state index >= 15 is 0 Å². The number of nitrogens with one attached hydrogen (secondary N) is 1. The number of nitrogens with zero attached hydrogens (tertiary/aromatic N) is 1. The number of halogens is 1. The van der Waals surface area contributed by atoms with Gasteiger partial charge in [-0.05, 0) is 44.7 Å². The van der Waals surface area contributed by atoms with Crippen LogP contribution in [0.5, 0.6) is 5.75 Å². The number of alkyl halides is 1. The van der Waals surface area contributed by atoms with Crippen molar-refractivity contribution in [3.63, 3.8) is 0 Å².